The molecule has 2 N–H and O–H groups in total. The summed E-state index contributed by atoms with van der Waals surface area (Å²) in [6.45, 7) is 6.00. The molecule has 1 aromatic rings. The Kier molecular flexibility index (Phi) is 8.65. The van der Waals surface area contributed by atoms with E-state index in [9.17, 15) is 4.79 Å². The van der Waals surface area contributed by atoms with Gasteiger partial charge in [-0.05, 0) is 51.5 Å². The van der Waals surface area contributed by atoms with Gasteiger partial charge in [0.25, 0.3) is 0 Å². The number of likely N-dealkylation sites (tertiary alicyclic amines) is 1. The Hall–Kier alpha value is -2.24. The number of benzene rings is 1. The van der Waals surface area contributed by atoms with E-state index in [1.807, 2.05) is 23.1 Å². The van der Waals surface area contributed by atoms with Crippen LogP contribution < -0.4 is 15.4 Å². The zero-order valence-electron chi connectivity index (χ0n) is 17.8. The number of carbonyl (C=O) groups excluding carboxylic acids is 1. The third-order valence-electron chi connectivity index (χ3n) is 5.64. The van der Waals surface area contributed by atoms with Crippen LogP contribution in [-0.2, 0) is 11.3 Å². The molecule has 29 heavy (non-hydrogen) atoms. The third kappa shape index (κ3) is 6.94. The van der Waals surface area contributed by atoms with Crippen molar-refractivity contribution in [2.24, 2.45) is 4.99 Å². The smallest absolute Gasteiger partial charge is 0.222 e. The molecular weight excluding hydrogens is 364 g/mol. The van der Waals surface area contributed by atoms with E-state index in [0.717, 1.165) is 75.6 Å². The summed E-state index contributed by atoms with van der Waals surface area (Å²) >= 11 is 0. The minimum atomic E-state index is 0.311. The molecule has 0 radical (unpaired) electrons. The molecule has 0 aromatic heterocycles. The van der Waals surface area contributed by atoms with E-state index in [0.29, 0.717) is 25.0 Å². The number of rotatable bonds is 9. The van der Waals surface area contributed by atoms with Crippen LogP contribution in [0, 0.1) is 0 Å². The summed E-state index contributed by atoms with van der Waals surface area (Å²) in [6, 6.07) is 8.19. The van der Waals surface area contributed by atoms with Gasteiger partial charge in [-0.3, -0.25) is 4.79 Å². The topological polar surface area (TPSA) is 66.0 Å². The van der Waals surface area contributed by atoms with Crippen molar-refractivity contribution in [1.29, 1.82) is 0 Å². The number of carbonyl (C=O) groups is 1. The number of nitrogens with zero attached hydrogens (tertiary/aromatic N) is 2. The van der Waals surface area contributed by atoms with Gasteiger partial charge in [-0.1, -0.05) is 24.6 Å². The first-order valence-corrected chi connectivity index (χ1v) is 11.3. The van der Waals surface area contributed by atoms with E-state index in [4.69, 9.17) is 9.73 Å². The maximum atomic E-state index is 12.1. The Morgan fingerprint density at radius 2 is 2.03 bits per heavy atom. The Morgan fingerprint density at radius 3 is 2.83 bits per heavy atom. The fourth-order valence-corrected chi connectivity index (χ4v) is 3.68. The van der Waals surface area contributed by atoms with E-state index < -0.39 is 0 Å². The van der Waals surface area contributed by atoms with Gasteiger partial charge >= 0.3 is 0 Å². The lowest BCUT2D eigenvalue weighted by molar-refractivity contribution is -0.130. The largest absolute Gasteiger partial charge is 0.490 e. The maximum Gasteiger partial charge on any atom is 0.222 e. The highest BCUT2D eigenvalue weighted by Crippen LogP contribution is 2.27. The number of hydrogen-bond acceptors (Lipinski definition) is 3. The molecule has 1 aliphatic carbocycles. The van der Waals surface area contributed by atoms with Crippen LogP contribution in [0.15, 0.2) is 29.3 Å². The Balaban J connectivity index is 1.47. The van der Waals surface area contributed by atoms with Crippen LogP contribution in [0.5, 0.6) is 5.75 Å². The van der Waals surface area contributed by atoms with Crippen LogP contribution in [0.4, 0.5) is 0 Å². The van der Waals surface area contributed by atoms with Crippen LogP contribution in [-0.4, -0.2) is 49.0 Å². The minimum Gasteiger partial charge on any atom is -0.490 e. The molecule has 2 fully saturated rings. The highest BCUT2D eigenvalue weighted by molar-refractivity contribution is 5.79. The van der Waals surface area contributed by atoms with Gasteiger partial charge in [0.2, 0.25) is 5.91 Å². The quantitative estimate of drug-likeness (QED) is 0.378. The zero-order valence-corrected chi connectivity index (χ0v) is 17.8. The van der Waals surface area contributed by atoms with Crippen molar-refractivity contribution in [1.82, 2.24) is 15.5 Å². The first kappa shape index (κ1) is 21.5. The lowest BCUT2D eigenvalue weighted by Gasteiger charge is -2.27. The monoisotopic (exact) mass is 400 g/mol. The summed E-state index contributed by atoms with van der Waals surface area (Å²) in [6.07, 6.45) is 8.92. The van der Waals surface area contributed by atoms with Crippen LogP contribution in [0.1, 0.15) is 63.9 Å². The molecule has 1 heterocycles. The Labute approximate surface area is 175 Å². The second-order valence-electron chi connectivity index (χ2n) is 7.95. The molecule has 1 aliphatic heterocycles. The predicted octanol–water partition coefficient (Wildman–Crippen LogP) is 3.47. The molecule has 2 aliphatic rings. The van der Waals surface area contributed by atoms with Gasteiger partial charge in [0.05, 0.1) is 12.6 Å². The van der Waals surface area contributed by atoms with Crippen LogP contribution in [0.3, 0.4) is 0 Å². The van der Waals surface area contributed by atoms with Crippen LogP contribution >= 0.6 is 0 Å². The van der Waals surface area contributed by atoms with Crippen molar-refractivity contribution in [3.63, 3.8) is 0 Å². The second kappa shape index (κ2) is 11.7. The van der Waals surface area contributed by atoms with Crippen LogP contribution in [0.2, 0.25) is 0 Å². The molecular formula is C23H36N4O2. The van der Waals surface area contributed by atoms with E-state index in [1.54, 1.807) is 0 Å². The number of guanidine groups is 1. The third-order valence-corrected chi connectivity index (χ3v) is 5.64. The Morgan fingerprint density at radius 1 is 1.17 bits per heavy atom. The lowest BCUT2D eigenvalue weighted by atomic mass is 9.96. The standard InChI is InChI=1S/C23H36N4O2/c1-2-24-23(25-15-9-17-27-16-7-3-4-14-22(27)28)26-18-19-10-5-6-13-21(19)29-20-11-8-12-20/h5-6,10,13,20H,2-4,7-9,11-12,14-18H2,1H3,(H2,24,25,26). The number of ether oxygens (including phenoxy) is 1. The van der Waals surface area contributed by atoms with E-state index in [-0.39, 0.29) is 0 Å². The van der Waals surface area contributed by atoms with Crippen molar-refractivity contribution in [3.8, 4) is 5.75 Å². The molecule has 1 aromatic carbocycles. The van der Waals surface area contributed by atoms with Gasteiger partial charge in [0.15, 0.2) is 5.96 Å². The molecule has 160 valence electrons. The molecule has 0 unspecified atom stereocenters. The molecule has 1 amide bonds. The van der Waals surface area contributed by atoms with Crippen molar-refractivity contribution in [2.75, 3.05) is 26.2 Å². The van der Waals surface area contributed by atoms with Crippen molar-refractivity contribution >= 4 is 11.9 Å². The first-order chi connectivity index (χ1) is 14.3. The van der Waals surface area contributed by atoms with Gasteiger partial charge in [-0.15, -0.1) is 0 Å². The van der Waals surface area contributed by atoms with Gasteiger partial charge in [-0.25, -0.2) is 4.99 Å². The average molecular weight is 401 g/mol. The molecule has 6 heteroatoms. The van der Waals surface area contributed by atoms with Crippen molar-refractivity contribution < 1.29 is 9.53 Å². The number of hydrogen-bond donors (Lipinski definition) is 2. The summed E-state index contributed by atoms with van der Waals surface area (Å²) in [5.41, 5.74) is 1.12. The summed E-state index contributed by atoms with van der Waals surface area (Å²) < 4.78 is 6.11. The van der Waals surface area contributed by atoms with E-state index >= 15 is 0 Å². The van der Waals surface area contributed by atoms with Gasteiger partial charge in [-0.2, -0.15) is 0 Å². The van der Waals surface area contributed by atoms with Gasteiger partial charge < -0.3 is 20.3 Å². The molecule has 0 spiro atoms. The average Bonchev–Trinajstić information content (AvgIpc) is 2.91. The molecule has 3 rings (SSSR count). The van der Waals surface area contributed by atoms with Gasteiger partial charge in [0.1, 0.15) is 5.75 Å². The fraction of sp³-hybridized carbons (Fsp3) is 0.652. The number of amides is 1. The highest BCUT2D eigenvalue weighted by atomic mass is 16.5. The van der Waals surface area contributed by atoms with Crippen molar-refractivity contribution in [2.45, 2.75) is 70.9 Å². The number of para-hydroxylation sites is 1. The SMILES string of the molecule is CCNC(=NCc1ccccc1OC1CCC1)NCCCN1CCCCCC1=O. The molecule has 6 nitrogen and oxygen atoms in total. The molecule has 1 saturated heterocycles. The maximum absolute atomic E-state index is 12.1. The highest BCUT2D eigenvalue weighted by Gasteiger charge is 2.20. The normalized spacial score (nSPS) is 18.2. The summed E-state index contributed by atoms with van der Waals surface area (Å²) in [5, 5.41) is 6.71. The minimum absolute atomic E-state index is 0.311. The second-order valence-corrected chi connectivity index (χ2v) is 7.95. The predicted molar refractivity (Wildman–Crippen MR) is 117 cm³/mol. The summed E-state index contributed by atoms with van der Waals surface area (Å²) in [7, 11) is 0. The lowest BCUT2D eigenvalue weighted by Crippen LogP contribution is -2.39. The van der Waals surface area contributed by atoms with E-state index in [2.05, 4.69) is 23.6 Å². The van der Waals surface area contributed by atoms with Crippen molar-refractivity contribution in [3.05, 3.63) is 29.8 Å². The van der Waals surface area contributed by atoms with Crippen LogP contribution in [0.25, 0.3) is 0 Å². The fourth-order valence-electron chi connectivity index (χ4n) is 3.68. The number of nitrogens with one attached hydrogen (secondary N) is 2. The van der Waals surface area contributed by atoms with Gasteiger partial charge in [0, 0.05) is 38.2 Å². The first-order valence-electron chi connectivity index (χ1n) is 11.3. The zero-order chi connectivity index (χ0) is 20.3. The molecule has 1 saturated carbocycles. The summed E-state index contributed by atoms with van der Waals surface area (Å²) in [4.78, 5) is 18.9. The Bertz CT molecular complexity index is 673. The summed E-state index contributed by atoms with van der Waals surface area (Å²) in [5.74, 6) is 2.08. The van der Waals surface area contributed by atoms with E-state index in [1.165, 1.54) is 12.8 Å². The molecule has 0 atom stereocenters. The molecule has 0 bridgehead atoms. The number of aliphatic imine (C=N–C) groups is 1.